The largest absolute Gasteiger partial charge is 0.416 e. The molecule has 2 aromatic carbocycles. The quantitative estimate of drug-likeness (QED) is 0.459. The Morgan fingerprint density at radius 3 is 2.62 bits per heavy atom. The molecule has 1 atom stereocenters. The van der Waals surface area contributed by atoms with E-state index in [1.807, 2.05) is 30.3 Å². The van der Waals surface area contributed by atoms with Crippen LogP contribution in [0, 0.1) is 0 Å². The normalized spacial score (nSPS) is 15.8. The van der Waals surface area contributed by atoms with E-state index in [1.54, 1.807) is 47.2 Å². The lowest BCUT2D eigenvalue weighted by atomic mass is 9.97. The molecular weight excluding hydrogens is 445 g/mol. The van der Waals surface area contributed by atoms with Crippen molar-refractivity contribution in [1.29, 1.82) is 0 Å². The third kappa shape index (κ3) is 3.99. The number of nitrogens with one attached hydrogen (secondary N) is 2. The summed E-state index contributed by atoms with van der Waals surface area (Å²) in [7, 11) is 1.68. The highest BCUT2D eigenvalue weighted by Gasteiger charge is 2.36. The van der Waals surface area contributed by atoms with Gasteiger partial charge in [-0.2, -0.15) is 13.2 Å². The second-order valence-electron chi connectivity index (χ2n) is 7.78. The van der Waals surface area contributed by atoms with Gasteiger partial charge in [0.1, 0.15) is 11.5 Å². The van der Waals surface area contributed by atoms with Crippen molar-refractivity contribution < 1.29 is 18.0 Å². The fourth-order valence-corrected chi connectivity index (χ4v) is 3.90. The van der Waals surface area contributed by atoms with Crippen LogP contribution in [0.5, 0.6) is 0 Å². The van der Waals surface area contributed by atoms with Gasteiger partial charge in [0.2, 0.25) is 5.78 Å². The zero-order chi connectivity index (χ0) is 23.9. The van der Waals surface area contributed by atoms with Crippen LogP contribution < -0.4 is 10.7 Å². The number of amides is 1. The van der Waals surface area contributed by atoms with Gasteiger partial charge in [0.25, 0.3) is 5.91 Å². The highest BCUT2D eigenvalue weighted by atomic mass is 19.4. The lowest BCUT2D eigenvalue weighted by molar-refractivity contribution is -0.138. The monoisotopic (exact) mass is 464 g/mol. The Morgan fingerprint density at radius 2 is 1.91 bits per heavy atom. The molecule has 0 aliphatic carbocycles. The standard InChI is InChI=1S/C24H19F3N6O/c1-32-13-10-19(31-32)17-14-16(8-9-18(17)24(25,26)27)22(34)30-21-20(15-6-3-2-4-7-15)29-23-28-11-5-12-33(21)23/h2-14,19,31H,1H3,(H,30,34). The number of carbonyl (C=O) groups excluding carboxylic acids is 1. The van der Waals surface area contributed by atoms with E-state index in [4.69, 9.17) is 0 Å². The zero-order valence-corrected chi connectivity index (χ0v) is 17.9. The fraction of sp³-hybridized carbons (Fsp3) is 0.125. The van der Waals surface area contributed by atoms with E-state index in [9.17, 15) is 18.0 Å². The number of nitrogens with zero attached hydrogens (tertiary/aromatic N) is 4. The molecule has 0 spiro atoms. The van der Waals surface area contributed by atoms with E-state index >= 15 is 0 Å². The minimum Gasteiger partial charge on any atom is -0.318 e. The van der Waals surface area contributed by atoms with Crippen LogP contribution in [-0.4, -0.2) is 32.3 Å². The lowest BCUT2D eigenvalue weighted by Crippen LogP contribution is -2.28. The molecule has 172 valence electrons. The van der Waals surface area contributed by atoms with Crippen LogP contribution in [0.25, 0.3) is 17.0 Å². The number of alkyl halides is 3. The van der Waals surface area contributed by atoms with Gasteiger partial charge in [-0.1, -0.05) is 30.3 Å². The van der Waals surface area contributed by atoms with E-state index in [0.29, 0.717) is 17.3 Å². The average Bonchev–Trinajstić information content (AvgIpc) is 3.42. The van der Waals surface area contributed by atoms with Crippen LogP contribution in [0.1, 0.15) is 27.5 Å². The van der Waals surface area contributed by atoms with Crippen molar-refractivity contribution in [2.24, 2.45) is 0 Å². The number of benzene rings is 2. The zero-order valence-electron chi connectivity index (χ0n) is 17.9. The molecule has 1 aliphatic heterocycles. The maximum Gasteiger partial charge on any atom is 0.416 e. The SMILES string of the molecule is CN1C=CC(c2cc(C(=O)Nc3c(-c4ccccc4)nc4ncccn34)ccc2C(F)(F)F)N1. The minimum absolute atomic E-state index is 0.0381. The molecule has 0 fully saturated rings. The van der Waals surface area contributed by atoms with Gasteiger partial charge in [-0.25, -0.2) is 15.4 Å². The van der Waals surface area contributed by atoms with Crippen LogP contribution in [0.4, 0.5) is 19.0 Å². The van der Waals surface area contributed by atoms with E-state index in [1.165, 1.54) is 12.1 Å². The van der Waals surface area contributed by atoms with Crippen molar-refractivity contribution in [2.45, 2.75) is 12.2 Å². The number of rotatable bonds is 4. The third-order valence-electron chi connectivity index (χ3n) is 5.48. The second-order valence-corrected chi connectivity index (χ2v) is 7.78. The van der Waals surface area contributed by atoms with E-state index in [0.717, 1.165) is 11.6 Å². The summed E-state index contributed by atoms with van der Waals surface area (Å²) in [6.45, 7) is 0. The number of aromatic nitrogens is 3. The van der Waals surface area contributed by atoms with Gasteiger partial charge in [0.15, 0.2) is 0 Å². The highest BCUT2D eigenvalue weighted by Crippen LogP contribution is 2.37. The molecule has 5 rings (SSSR count). The molecule has 7 nitrogen and oxygen atoms in total. The van der Waals surface area contributed by atoms with Gasteiger partial charge in [-0.15, -0.1) is 0 Å². The first-order valence-corrected chi connectivity index (χ1v) is 10.4. The van der Waals surface area contributed by atoms with E-state index in [-0.39, 0.29) is 11.1 Å². The Morgan fingerprint density at radius 1 is 1.12 bits per heavy atom. The molecule has 1 unspecified atom stereocenters. The van der Waals surface area contributed by atoms with Crippen molar-refractivity contribution in [3.8, 4) is 11.3 Å². The molecular formula is C24H19F3N6O. The first-order chi connectivity index (χ1) is 16.3. The van der Waals surface area contributed by atoms with Crippen molar-refractivity contribution in [3.63, 3.8) is 0 Å². The molecule has 34 heavy (non-hydrogen) atoms. The summed E-state index contributed by atoms with van der Waals surface area (Å²) in [6.07, 6.45) is 1.97. The molecule has 1 amide bonds. The second kappa shape index (κ2) is 8.31. The smallest absolute Gasteiger partial charge is 0.318 e. The molecule has 0 saturated carbocycles. The summed E-state index contributed by atoms with van der Waals surface area (Å²) in [5, 5.41) is 4.39. The van der Waals surface area contributed by atoms with Crippen LogP contribution >= 0.6 is 0 Å². The molecule has 10 heteroatoms. The van der Waals surface area contributed by atoms with Crippen molar-refractivity contribution in [1.82, 2.24) is 24.8 Å². The lowest BCUT2D eigenvalue weighted by Gasteiger charge is -2.20. The Labute approximate surface area is 192 Å². The Bertz CT molecular complexity index is 1400. The predicted molar refractivity (Wildman–Crippen MR) is 121 cm³/mol. The maximum atomic E-state index is 13.7. The number of hydrazine groups is 1. The molecule has 2 aromatic heterocycles. The summed E-state index contributed by atoms with van der Waals surface area (Å²) in [5.74, 6) is 0.195. The molecule has 2 N–H and O–H groups in total. The molecule has 0 saturated heterocycles. The van der Waals surface area contributed by atoms with Gasteiger partial charge in [0.05, 0.1) is 11.6 Å². The third-order valence-corrected chi connectivity index (χ3v) is 5.48. The van der Waals surface area contributed by atoms with E-state index in [2.05, 4.69) is 20.7 Å². The van der Waals surface area contributed by atoms with Gasteiger partial charge >= 0.3 is 6.18 Å². The molecule has 0 radical (unpaired) electrons. The molecule has 4 aromatic rings. The first-order valence-electron chi connectivity index (χ1n) is 10.4. The number of carbonyl (C=O) groups is 1. The van der Waals surface area contributed by atoms with Gasteiger partial charge in [-0.05, 0) is 35.9 Å². The van der Waals surface area contributed by atoms with E-state index < -0.39 is 23.7 Å². The number of halogens is 3. The summed E-state index contributed by atoms with van der Waals surface area (Å²) in [5.41, 5.74) is 3.43. The summed E-state index contributed by atoms with van der Waals surface area (Å²) >= 11 is 0. The number of imidazole rings is 1. The summed E-state index contributed by atoms with van der Waals surface area (Å²) < 4.78 is 42.6. The van der Waals surface area contributed by atoms with Crippen LogP contribution in [0.2, 0.25) is 0 Å². The van der Waals surface area contributed by atoms with Crippen molar-refractivity contribution in [3.05, 3.63) is 96.0 Å². The van der Waals surface area contributed by atoms with Gasteiger partial charge < -0.3 is 10.3 Å². The van der Waals surface area contributed by atoms with Gasteiger partial charge in [-0.3, -0.25) is 9.20 Å². The average molecular weight is 464 g/mol. The molecule has 0 bridgehead atoms. The maximum absolute atomic E-state index is 13.7. The Balaban J connectivity index is 1.55. The van der Waals surface area contributed by atoms with Crippen molar-refractivity contribution in [2.75, 3.05) is 12.4 Å². The number of hydrogen-bond donors (Lipinski definition) is 2. The fourth-order valence-electron chi connectivity index (χ4n) is 3.90. The number of hydrogen-bond acceptors (Lipinski definition) is 5. The van der Waals surface area contributed by atoms with Gasteiger partial charge in [0, 0.05) is 36.8 Å². The molecule has 3 heterocycles. The Hall–Kier alpha value is -4.18. The highest BCUT2D eigenvalue weighted by molar-refractivity contribution is 6.06. The predicted octanol–water partition coefficient (Wildman–Crippen LogP) is 4.67. The number of anilines is 1. The minimum atomic E-state index is -4.56. The van der Waals surface area contributed by atoms with Crippen LogP contribution in [0.15, 0.2) is 79.3 Å². The molecule has 1 aliphatic rings. The first kappa shape index (κ1) is 21.7. The van der Waals surface area contributed by atoms with Crippen LogP contribution in [0.3, 0.4) is 0 Å². The number of fused-ring (bicyclic) bond motifs is 1. The summed E-state index contributed by atoms with van der Waals surface area (Å²) in [4.78, 5) is 22.0. The Kier molecular flexibility index (Phi) is 5.29. The topological polar surface area (TPSA) is 74.6 Å². The summed E-state index contributed by atoms with van der Waals surface area (Å²) in [6, 6.07) is 13.6. The van der Waals surface area contributed by atoms with Crippen LogP contribution in [-0.2, 0) is 6.18 Å². The van der Waals surface area contributed by atoms with Crippen molar-refractivity contribution >= 4 is 17.5 Å².